The maximum absolute atomic E-state index is 14.8. The highest BCUT2D eigenvalue weighted by atomic mass is 19.1. The van der Waals surface area contributed by atoms with Crippen LogP contribution < -0.4 is 10.2 Å². The molecule has 2 atom stereocenters. The first-order valence-electron chi connectivity index (χ1n) is 12.2. The summed E-state index contributed by atoms with van der Waals surface area (Å²) in [5, 5.41) is 2.67. The third-order valence-electron chi connectivity index (χ3n) is 6.36. The molecule has 2 fully saturated rings. The lowest BCUT2D eigenvalue weighted by Crippen LogP contribution is -2.56. The fourth-order valence-corrected chi connectivity index (χ4v) is 4.74. The van der Waals surface area contributed by atoms with E-state index in [9.17, 15) is 14.0 Å². The number of anilines is 1. The smallest absolute Gasteiger partial charge is 0.410 e. The van der Waals surface area contributed by atoms with E-state index >= 15 is 0 Å². The van der Waals surface area contributed by atoms with Gasteiger partial charge in [-0.25, -0.2) is 14.0 Å². The average molecular weight is 484 g/mol. The molecular weight excluding hydrogens is 449 g/mol. The van der Waals surface area contributed by atoms with E-state index in [2.05, 4.69) is 10.2 Å². The van der Waals surface area contributed by atoms with E-state index in [4.69, 9.17) is 9.47 Å². The molecule has 188 valence electrons. The molecule has 0 aliphatic carbocycles. The van der Waals surface area contributed by atoms with Gasteiger partial charge in [-0.05, 0) is 63.3 Å². The number of carbonyl (C=O) groups excluding carboxylic acids is 2. The van der Waals surface area contributed by atoms with Crippen LogP contribution in [0.1, 0.15) is 44.7 Å². The monoisotopic (exact) mass is 483 g/mol. The van der Waals surface area contributed by atoms with Gasteiger partial charge in [-0.15, -0.1) is 0 Å². The molecule has 2 aliphatic rings. The molecule has 7 nitrogen and oxygen atoms in total. The molecule has 2 aromatic carbocycles. The van der Waals surface area contributed by atoms with E-state index in [0.717, 1.165) is 24.1 Å². The number of fused-ring (bicyclic) bond motifs is 2. The van der Waals surface area contributed by atoms with Crippen molar-refractivity contribution in [2.24, 2.45) is 0 Å². The number of hydrogen-bond acceptors (Lipinski definition) is 5. The van der Waals surface area contributed by atoms with Crippen LogP contribution in [0.15, 0.2) is 48.5 Å². The summed E-state index contributed by atoms with van der Waals surface area (Å²) in [7, 11) is 0. The number of carbonyl (C=O) groups is 2. The number of ether oxygens (including phenoxy) is 2. The normalized spacial score (nSPS) is 19.4. The van der Waals surface area contributed by atoms with Crippen molar-refractivity contribution in [2.45, 2.75) is 64.3 Å². The van der Waals surface area contributed by atoms with Gasteiger partial charge in [0.25, 0.3) is 0 Å². The molecule has 2 heterocycles. The number of halogens is 1. The molecule has 0 radical (unpaired) electrons. The van der Waals surface area contributed by atoms with Gasteiger partial charge in [-0.2, -0.15) is 0 Å². The summed E-state index contributed by atoms with van der Waals surface area (Å²) in [5.41, 5.74) is 1.72. The third kappa shape index (κ3) is 6.44. The highest BCUT2D eigenvalue weighted by Crippen LogP contribution is 2.34. The number of nitrogens with one attached hydrogen (secondary N) is 1. The van der Waals surface area contributed by atoms with Gasteiger partial charge < -0.3 is 19.7 Å². The Morgan fingerprint density at radius 1 is 1.06 bits per heavy atom. The molecule has 4 rings (SSSR count). The van der Waals surface area contributed by atoms with E-state index in [1.165, 1.54) is 0 Å². The van der Waals surface area contributed by atoms with Gasteiger partial charge in [0.2, 0.25) is 0 Å². The summed E-state index contributed by atoms with van der Waals surface area (Å²) in [6, 6.07) is 14.8. The maximum Gasteiger partial charge on any atom is 0.410 e. The number of amides is 2. The van der Waals surface area contributed by atoms with E-state index in [-0.39, 0.29) is 37.1 Å². The molecule has 2 bridgehead atoms. The van der Waals surface area contributed by atoms with Gasteiger partial charge in [0, 0.05) is 25.3 Å². The Labute approximate surface area is 206 Å². The SMILES string of the molecule is CC(C)(C)OC(=O)N1C2CCC1CN(c1ccc(CCNC(=O)OCc3ccccc3)c(F)c1)C2. The first-order valence-corrected chi connectivity index (χ1v) is 12.2. The minimum Gasteiger partial charge on any atom is -0.445 e. The van der Waals surface area contributed by atoms with Crippen LogP contribution in [-0.2, 0) is 22.5 Å². The molecule has 1 N–H and O–H groups in total. The second-order valence-electron chi connectivity index (χ2n) is 10.2. The molecule has 35 heavy (non-hydrogen) atoms. The van der Waals surface area contributed by atoms with Crippen molar-refractivity contribution in [3.63, 3.8) is 0 Å². The average Bonchev–Trinajstić information content (AvgIpc) is 3.08. The second-order valence-corrected chi connectivity index (χ2v) is 10.2. The minimum absolute atomic E-state index is 0.0671. The lowest BCUT2D eigenvalue weighted by Gasteiger charge is -2.42. The lowest BCUT2D eigenvalue weighted by molar-refractivity contribution is 0.0123. The predicted octanol–water partition coefficient (Wildman–Crippen LogP) is 4.88. The van der Waals surface area contributed by atoms with E-state index in [1.807, 2.05) is 62.1 Å². The fraction of sp³-hybridized carbons (Fsp3) is 0.481. The zero-order valence-electron chi connectivity index (χ0n) is 20.6. The van der Waals surface area contributed by atoms with E-state index in [0.29, 0.717) is 25.1 Å². The van der Waals surface area contributed by atoms with Crippen LogP contribution in [0.2, 0.25) is 0 Å². The molecular formula is C27H34FN3O4. The summed E-state index contributed by atoms with van der Waals surface area (Å²) < 4.78 is 25.6. The van der Waals surface area contributed by atoms with Crippen LogP contribution in [-0.4, -0.2) is 54.4 Å². The number of piperazine rings is 1. The summed E-state index contributed by atoms with van der Waals surface area (Å²) in [6.45, 7) is 7.40. The number of benzene rings is 2. The molecule has 2 saturated heterocycles. The van der Waals surface area contributed by atoms with Crippen molar-refractivity contribution in [3.05, 3.63) is 65.5 Å². The molecule has 8 heteroatoms. The Kier molecular flexibility index (Phi) is 7.48. The van der Waals surface area contributed by atoms with Crippen LogP contribution in [0.4, 0.5) is 19.7 Å². The van der Waals surface area contributed by atoms with Crippen molar-refractivity contribution in [1.82, 2.24) is 10.2 Å². The van der Waals surface area contributed by atoms with Crippen molar-refractivity contribution < 1.29 is 23.5 Å². The number of alkyl carbamates (subject to hydrolysis) is 1. The van der Waals surface area contributed by atoms with Crippen molar-refractivity contribution in [3.8, 4) is 0 Å². The van der Waals surface area contributed by atoms with Crippen LogP contribution in [0.5, 0.6) is 0 Å². The van der Waals surface area contributed by atoms with Crippen LogP contribution in [0.25, 0.3) is 0 Å². The van der Waals surface area contributed by atoms with E-state index < -0.39 is 11.7 Å². The Morgan fingerprint density at radius 2 is 1.74 bits per heavy atom. The van der Waals surface area contributed by atoms with Gasteiger partial charge in [0.05, 0.1) is 12.1 Å². The minimum atomic E-state index is -0.528. The van der Waals surface area contributed by atoms with Gasteiger partial charge in [0.1, 0.15) is 18.0 Å². The number of nitrogens with zero attached hydrogens (tertiary/aromatic N) is 2. The van der Waals surface area contributed by atoms with E-state index in [1.54, 1.807) is 12.1 Å². The second kappa shape index (κ2) is 10.5. The standard InChI is InChI=1S/C27H34FN3O4/c1-27(2,3)35-26(33)31-22-11-12-23(31)17-30(16-22)21-10-9-20(24(28)15-21)13-14-29-25(32)34-18-19-7-5-4-6-8-19/h4-10,15,22-23H,11-14,16-18H2,1-3H3,(H,29,32). The van der Waals surface area contributed by atoms with Crippen molar-refractivity contribution in [2.75, 3.05) is 24.5 Å². The number of rotatable bonds is 6. The Morgan fingerprint density at radius 3 is 2.37 bits per heavy atom. The highest BCUT2D eigenvalue weighted by molar-refractivity contribution is 5.70. The zero-order valence-corrected chi connectivity index (χ0v) is 20.6. The molecule has 0 spiro atoms. The predicted molar refractivity (Wildman–Crippen MR) is 132 cm³/mol. The molecule has 2 unspecified atom stereocenters. The lowest BCUT2D eigenvalue weighted by atomic mass is 10.1. The summed E-state index contributed by atoms with van der Waals surface area (Å²) in [6.07, 6.45) is 1.43. The Bertz CT molecular complexity index is 1030. The molecule has 2 aliphatic heterocycles. The van der Waals surface area contributed by atoms with Crippen molar-refractivity contribution in [1.29, 1.82) is 0 Å². The molecule has 0 saturated carbocycles. The molecule has 2 aromatic rings. The maximum atomic E-state index is 14.8. The van der Waals surface area contributed by atoms with Gasteiger partial charge in [0.15, 0.2) is 0 Å². The fourth-order valence-electron chi connectivity index (χ4n) is 4.74. The Balaban J connectivity index is 1.27. The van der Waals surface area contributed by atoms with Gasteiger partial charge in [-0.3, -0.25) is 4.90 Å². The quantitative estimate of drug-likeness (QED) is 0.634. The highest BCUT2D eigenvalue weighted by Gasteiger charge is 2.44. The van der Waals surface area contributed by atoms with Crippen molar-refractivity contribution >= 4 is 17.9 Å². The summed E-state index contributed by atoms with van der Waals surface area (Å²) in [5.74, 6) is -0.302. The first-order chi connectivity index (χ1) is 16.7. The van der Waals surface area contributed by atoms with Crippen LogP contribution >= 0.6 is 0 Å². The number of hydrogen-bond donors (Lipinski definition) is 1. The topological polar surface area (TPSA) is 71.1 Å². The van der Waals surface area contributed by atoms with Gasteiger partial charge >= 0.3 is 12.2 Å². The zero-order chi connectivity index (χ0) is 25.0. The largest absolute Gasteiger partial charge is 0.445 e. The molecule has 2 amide bonds. The Hall–Kier alpha value is -3.29. The van der Waals surface area contributed by atoms with Crippen LogP contribution in [0.3, 0.4) is 0 Å². The molecule has 0 aromatic heterocycles. The third-order valence-corrected chi connectivity index (χ3v) is 6.36. The summed E-state index contributed by atoms with van der Waals surface area (Å²) >= 11 is 0. The summed E-state index contributed by atoms with van der Waals surface area (Å²) in [4.78, 5) is 28.6. The van der Waals surface area contributed by atoms with Gasteiger partial charge in [-0.1, -0.05) is 36.4 Å². The van der Waals surface area contributed by atoms with Crippen LogP contribution in [0, 0.1) is 5.82 Å². The first kappa shape index (κ1) is 24.8.